The molecule has 1 saturated heterocycles. The Hall–Kier alpha value is -2.68. The average Bonchev–Trinajstić information content (AvgIpc) is 2.62. The van der Waals surface area contributed by atoms with Crippen LogP contribution in [0.4, 0.5) is 14.5 Å². The van der Waals surface area contributed by atoms with Gasteiger partial charge in [0.1, 0.15) is 17.4 Å². The third-order valence-electron chi connectivity index (χ3n) is 4.30. The minimum absolute atomic E-state index is 0.0315. The Morgan fingerprint density at radius 3 is 2.04 bits per heavy atom. The minimum atomic E-state index is -4.64. The molecule has 0 aromatic heterocycles. The number of nitrogens with zero attached hydrogens (tertiary/aromatic N) is 2. The Balaban J connectivity index is 1.72. The van der Waals surface area contributed by atoms with E-state index in [0.717, 1.165) is 23.9 Å². The Bertz CT molecular complexity index is 920. The molecule has 0 N–H and O–H groups in total. The van der Waals surface area contributed by atoms with Crippen molar-refractivity contribution in [2.75, 3.05) is 31.1 Å². The zero-order chi connectivity index (χ0) is 19.6. The van der Waals surface area contributed by atoms with Crippen molar-refractivity contribution in [1.29, 1.82) is 0 Å². The molecule has 1 amide bonds. The van der Waals surface area contributed by atoms with Crippen molar-refractivity contribution < 1.29 is 26.2 Å². The highest BCUT2D eigenvalue weighted by Gasteiger charge is 2.26. The normalized spacial score (nSPS) is 14.9. The molecular formula is C18H18F2N2O4S. The van der Waals surface area contributed by atoms with Gasteiger partial charge in [0.25, 0.3) is 0 Å². The number of rotatable bonds is 4. The molecule has 2 aromatic rings. The van der Waals surface area contributed by atoms with Crippen LogP contribution in [-0.2, 0) is 14.9 Å². The number of piperazine rings is 1. The molecule has 0 aliphatic carbocycles. The molecule has 144 valence electrons. The van der Waals surface area contributed by atoms with Crippen molar-refractivity contribution in [1.82, 2.24) is 4.90 Å². The fourth-order valence-electron chi connectivity index (χ4n) is 2.88. The monoisotopic (exact) mass is 396 g/mol. The minimum Gasteiger partial charge on any atom is -0.379 e. The van der Waals surface area contributed by atoms with Crippen LogP contribution in [0.25, 0.3) is 0 Å². The van der Waals surface area contributed by atoms with Crippen LogP contribution in [0, 0.1) is 11.6 Å². The molecule has 9 heteroatoms. The van der Waals surface area contributed by atoms with E-state index in [0.29, 0.717) is 26.2 Å². The molecule has 0 radical (unpaired) electrons. The Morgan fingerprint density at radius 2 is 1.52 bits per heavy atom. The first-order valence-corrected chi connectivity index (χ1v) is 9.68. The summed E-state index contributed by atoms with van der Waals surface area (Å²) in [5.74, 6) is -2.45. The summed E-state index contributed by atoms with van der Waals surface area (Å²) in [4.78, 5) is 14.1. The second-order valence-corrected chi connectivity index (χ2v) is 7.56. The third-order valence-corrected chi connectivity index (χ3v) is 5.60. The van der Waals surface area contributed by atoms with Gasteiger partial charge in [0.2, 0.25) is 5.91 Å². The first kappa shape index (κ1) is 19.1. The lowest BCUT2D eigenvalue weighted by Gasteiger charge is -2.35. The van der Waals surface area contributed by atoms with Crippen LogP contribution >= 0.6 is 0 Å². The van der Waals surface area contributed by atoms with Crippen molar-refractivity contribution in [2.45, 2.75) is 11.8 Å². The van der Waals surface area contributed by atoms with Gasteiger partial charge < -0.3 is 14.0 Å². The van der Waals surface area contributed by atoms with Crippen molar-refractivity contribution >= 4 is 21.7 Å². The number of amides is 1. The number of hydrogen-bond donors (Lipinski definition) is 0. The highest BCUT2D eigenvalue weighted by atomic mass is 32.2. The second-order valence-electron chi connectivity index (χ2n) is 6.08. The van der Waals surface area contributed by atoms with Crippen LogP contribution in [0.5, 0.6) is 5.75 Å². The summed E-state index contributed by atoms with van der Waals surface area (Å²) in [6.45, 7) is 4.04. The molecule has 1 fully saturated rings. The zero-order valence-electron chi connectivity index (χ0n) is 14.6. The van der Waals surface area contributed by atoms with Gasteiger partial charge in [0.05, 0.1) is 0 Å². The van der Waals surface area contributed by atoms with E-state index >= 15 is 0 Å². The molecular weight excluding hydrogens is 378 g/mol. The summed E-state index contributed by atoms with van der Waals surface area (Å²) >= 11 is 0. The summed E-state index contributed by atoms with van der Waals surface area (Å²) in [6.07, 6.45) is 0. The van der Waals surface area contributed by atoms with E-state index in [-0.39, 0.29) is 11.7 Å². The quantitative estimate of drug-likeness (QED) is 0.743. The van der Waals surface area contributed by atoms with Crippen LogP contribution in [0.2, 0.25) is 0 Å². The van der Waals surface area contributed by atoms with Crippen LogP contribution in [0.3, 0.4) is 0 Å². The van der Waals surface area contributed by atoms with E-state index in [1.165, 1.54) is 19.1 Å². The van der Waals surface area contributed by atoms with Crippen molar-refractivity contribution in [2.24, 2.45) is 0 Å². The van der Waals surface area contributed by atoms with Gasteiger partial charge in [-0.1, -0.05) is 6.07 Å². The zero-order valence-corrected chi connectivity index (χ0v) is 15.4. The first-order valence-electron chi connectivity index (χ1n) is 8.27. The average molecular weight is 396 g/mol. The number of carbonyl (C=O) groups excluding carboxylic acids is 1. The lowest BCUT2D eigenvalue weighted by atomic mass is 10.2. The molecule has 3 rings (SSSR count). The maximum absolute atomic E-state index is 13.7. The molecule has 6 nitrogen and oxygen atoms in total. The largest absolute Gasteiger partial charge is 0.379 e. The Labute approximate surface area is 156 Å². The molecule has 1 heterocycles. The van der Waals surface area contributed by atoms with Gasteiger partial charge >= 0.3 is 10.1 Å². The lowest BCUT2D eigenvalue weighted by Crippen LogP contribution is -2.48. The van der Waals surface area contributed by atoms with E-state index in [1.807, 2.05) is 4.90 Å². The van der Waals surface area contributed by atoms with Gasteiger partial charge in [-0.2, -0.15) is 8.42 Å². The molecule has 0 saturated carbocycles. The molecule has 0 bridgehead atoms. The molecule has 27 heavy (non-hydrogen) atoms. The summed E-state index contributed by atoms with van der Waals surface area (Å²) in [5.41, 5.74) is 0.833. The predicted molar refractivity (Wildman–Crippen MR) is 95.1 cm³/mol. The maximum Gasteiger partial charge on any atom is 0.345 e. The molecule has 2 aromatic carbocycles. The molecule has 1 aliphatic rings. The Kier molecular flexibility index (Phi) is 5.31. The summed E-state index contributed by atoms with van der Waals surface area (Å²) < 4.78 is 56.6. The van der Waals surface area contributed by atoms with Crippen LogP contribution in [-0.4, -0.2) is 45.4 Å². The summed E-state index contributed by atoms with van der Waals surface area (Å²) in [5, 5.41) is 0. The van der Waals surface area contributed by atoms with Crippen LogP contribution < -0.4 is 9.08 Å². The van der Waals surface area contributed by atoms with Gasteiger partial charge in [-0.05, 0) is 36.4 Å². The van der Waals surface area contributed by atoms with Crippen molar-refractivity contribution in [3.8, 4) is 5.75 Å². The lowest BCUT2D eigenvalue weighted by molar-refractivity contribution is -0.129. The standard InChI is InChI=1S/C18H18F2N2O4S/c1-13(23)21-9-11-22(12-10-21)14-5-7-15(8-6-14)26-27(24,25)18-16(19)3-2-4-17(18)20/h2-8H,9-12H2,1H3. The van der Waals surface area contributed by atoms with Crippen molar-refractivity contribution in [3.05, 3.63) is 54.1 Å². The maximum atomic E-state index is 13.7. The molecule has 0 atom stereocenters. The Morgan fingerprint density at radius 1 is 0.963 bits per heavy atom. The van der Waals surface area contributed by atoms with Gasteiger partial charge in [0.15, 0.2) is 4.90 Å². The third kappa shape index (κ3) is 4.19. The number of anilines is 1. The number of carbonyl (C=O) groups is 1. The number of benzene rings is 2. The van der Waals surface area contributed by atoms with Crippen molar-refractivity contribution in [3.63, 3.8) is 0 Å². The SMILES string of the molecule is CC(=O)N1CCN(c2ccc(OS(=O)(=O)c3c(F)cccc3F)cc2)CC1. The van der Waals surface area contributed by atoms with Gasteiger partial charge in [-0.25, -0.2) is 8.78 Å². The first-order chi connectivity index (χ1) is 12.8. The fourth-order valence-corrected chi connectivity index (χ4v) is 3.94. The van der Waals surface area contributed by atoms with E-state index in [4.69, 9.17) is 4.18 Å². The van der Waals surface area contributed by atoms with Gasteiger partial charge in [-0.15, -0.1) is 0 Å². The second kappa shape index (κ2) is 7.51. The predicted octanol–water partition coefficient (Wildman–Crippen LogP) is 2.40. The van der Waals surface area contributed by atoms with Gasteiger partial charge in [0, 0.05) is 38.8 Å². The van der Waals surface area contributed by atoms with E-state index < -0.39 is 26.6 Å². The summed E-state index contributed by atoms with van der Waals surface area (Å²) in [7, 11) is -4.64. The summed E-state index contributed by atoms with van der Waals surface area (Å²) in [6, 6.07) is 8.93. The highest BCUT2D eigenvalue weighted by molar-refractivity contribution is 7.87. The molecule has 0 spiro atoms. The molecule has 1 aliphatic heterocycles. The van der Waals surface area contributed by atoms with Crippen LogP contribution in [0.15, 0.2) is 47.4 Å². The van der Waals surface area contributed by atoms with E-state index in [2.05, 4.69) is 0 Å². The topological polar surface area (TPSA) is 66.9 Å². The number of halogens is 2. The van der Waals surface area contributed by atoms with Gasteiger partial charge in [-0.3, -0.25) is 4.79 Å². The number of hydrogen-bond acceptors (Lipinski definition) is 5. The molecule has 0 unspecified atom stereocenters. The highest BCUT2D eigenvalue weighted by Crippen LogP contribution is 2.26. The van der Waals surface area contributed by atoms with E-state index in [9.17, 15) is 22.0 Å². The van der Waals surface area contributed by atoms with E-state index in [1.54, 1.807) is 17.0 Å². The smallest absolute Gasteiger partial charge is 0.345 e. The van der Waals surface area contributed by atoms with Crippen LogP contribution in [0.1, 0.15) is 6.92 Å². The fraction of sp³-hybridized carbons (Fsp3) is 0.278.